The molecule has 1 unspecified atom stereocenters. The Morgan fingerprint density at radius 1 is 1.61 bits per heavy atom. The lowest BCUT2D eigenvalue weighted by molar-refractivity contribution is 0.268. The van der Waals surface area contributed by atoms with Crippen LogP contribution in [0.1, 0.15) is 25.5 Å². The molecule has 1 saturated heterocycles. The molecule has 0 radical (unpaired) electrons. The summed E-state index contributed by atoms with van der Waals surface area (Å²) in [6, 6.07) is 1.36. The van der Waals surface area contributed by atoms with Gasteiger partial charge in [0.25, 0.3) is 6.01 Å². The van der Waals surface area contributed by atoms with Crippen LogP contribution in [0.4, 0.5) is 6.01 Å². The van der Waals surface area contributed by atoms with Gasteiger partial charge in [-0.15, -0.1) is 0 Å². The highest BCUT2D eigenvalue weighted by molar-refractivity contribution is 5.25. The van der Waals surface area contributed by atoms with Gasteiger partial charge in [0.15, 0.2) is 0 Å². The highest BCUT2D eigenvalue weighted by Crippen LogP contribution is 2.20. The van der Waals surface area contributed by atoms with Gasteiger partial charge >= 0.3 is 0 Å². The van der Waals surface area contributed by atoms with Crippen LogP contribution in [0.5, 0.6) is 0 Å². The molecule has 1 aromatic heterocycles. The number of likely N-dealkylation sites (tertiary alicyclic amines) is 1. The molecule has 1 aromatic rings. The van der Waals surface area contributed by atoms with Crippen molar-refractivity contribution in [3.63, 3.8) is 0 Å². The van der Waals surface area contributed by atoms with E-state index in [2.05, 4.69) is 34.1 Å². The lowest BCUT2D eigenvalue weighted by atomic mass is 10.2. The molecule has 0 saturated carbocycles. The zero-order chi connectivity index (χ0) is 13.0. The summed E-state index contributed by atoms with van der Waals surface area (Å²) in [4.78, 5) is 9.13. The predicted molar refractivity (Wildman–Crippen MR) is 72.8 cm³/mol. The zero-order valence-corrected chi connectivity index (χ0v) is 11.6. The van der Waals surface area contributed by atoms with Crippen molar-refractivity contribution < 1.29 is 4.42 Å². The van der Waals surface area contributed by atoms with Crippen molar-refractivity contribution in [2.75, 3.05) is 38.6 Å². The van der Waals surface area contributed by atoms with Gasteiger partial charge in [0.05, 0.1) is 5.69 Å². The van der Waals surface area contributed by atoms with E-state index in [1.165, 1.54) is 19.4 Å². The second-order valence-electron chi connectivity index (χ2n) is 4.96. The first-order valence-corrected chi connectivity index (χ1v) is 6.78. The van der Waals surface area contributed by atoms with E-state index < -0.39 is 0 Å². The Labute approximate surface area is 109 Å². The fourth-order valence-corrected chi connectivity index (χ4v) is 2.65. The minimum absolute atomic E-state index is 0.639. The molecule has 1 atom stereocenters. The average Bonchev–Trinajstić information content (AvgIpc) is 2.98. The average molecular weight is 252 g/mol. The summed E-state index contributed by atoms with van der Waals surface area (Å²) in [5, 5.41) is 3.08. The molecule has 1 N–H and O–H groups in total. The molecule has 1 aliphatic heterocycles. The first-order valence-electron chi connectivity index (χ1n) is 6.78. The highest BCUT2D eigenvalue weighted by Gasteiger charge is 2.25. The Kier molecular flexibility index (Phi) is 4.60. The quantitative estimate of drug-likeness (QED) is 0.827. The molecule has 5 nitrogen and oxygen atoms in total. The first kappa shape index (κ1) is 13.4. The van der Waals surface area contributed by atoms with Gasteiger partial charge in [-0.05, 0) is 33.0 Å². The van der Waals surface area contributed by atoms with Gasteiger partial charge in [0, 0.05) is 26.2 Å². The van der Waals surface area contributed by atoms with Gasteiger partial charge in [-0.25, -0.2) is 0 Å². The van der Waals surface area contributed by atoms with Crippen molar-refractivity contribution in [1.82, 2.24) is 15.2 Å². The summed E-state index contributed by atoms with van der Waals surface area (Å²) in [6.07, 6.45) is 4.32. The third-order valence-electron chi connectivity index (χ3n) is 3.61. The summed E-state index contributed by atoms with van der Waals surface area (Å²) in [5.41, 5.74) is 0.957. The summed E-state index contributed by atoms with van der Waals surface area (Å²) in [6.45, 7) is 6.34. The second-order valence-corrected chi connectivity index (χ2v) is 4.96. The first-order chi connectivity index (χ1) is 8.74. The van der Waals surface area contributed by atoms with Crippen LogP contribution in [0, 0.1) is 0 Å². The van der Waals surface area contributed by atoms with Crippen LogP contribution in [0.25, 0.3) is 0 Å². The number of aromatic nitrogens is 1. The Morgan fingerprint density at radius 2 is 2.44 bits per heavy atom. The Bertz CT molecular complexity index is 366. The van der Waals surface area contributed by atoms with Gasteiger partial charge in [-0.2, -0.15) is 4.98 Å². The SMILES string of the molecule is CCN1CCCC1CN(C)c1nc(CNC)co1. The number of hydrogen-bond donors (Lipinski definition) is 1. The van der Waals surface area contributed by atoms with Crippen molar-refractivity contribution in [2.45, 2.75) is 32.4 Å². The number of hydrogen-bond acceptors (Lipinski definition) is 5. The van der Waals surface area contributed by atoms with E-state index in [0.29, 0.717) is 6.04 Å². The third kappa shape index (κ3) is 3.03. The molecule has 5 heteroatoms. The summed E-state index contributed by atoms with van der Waals surface area (Å²) in [7, 11) is 3.97. The van der Waals surface area contributed by atoms with E-state index in [1.807, 2.05) is 7.05 Å². The molecule has 0 spiro atoms. The summed E-state index contributed by atoms with van der Waals surface area (Å²) >= 11 is 0. The van der Waals surface area contributed by atoms with Crippen LogP contribution >= 0.6 is 0 Å². The number of anilines is 1. The minimum atomic E-state index is 0.639. The van der Waals surface area contributed by atoms with E-state index in [4.69, 9.17) is 4.42 Å². The van der Waals surface area contributed by atoms with Gasteiger partial charge < -0.3 is 14.6 Å². The molecular weight excluding hydrogens is 228 g/mol. The second kappa shape index (κ2) is 6.20. The molecule has 2 rings (SSSR count). The van der Waals surface area contributed by atoms with Crippen molar-refractivity contribution in [1.29, 1.82) is 0 Å². The maximum absolute atomic E-state index is 5.51. The molecule has 2 heterocycles. The number of nitrogens with zero attached hydrogens (tertiary/aromatic N) is 3. The van der Waals surface area contributed by atoms with Crippen LogP contribution in [-0.4, -0.2) is 49.7 Å². The molecule has 102 valence electrons. The molecule has 0 aliphatic carbocycles. The Balaban J connectivity index is 1.91. The maximum atomic E-state index is 5.51. The van der Waals surface area contributed by atoms with Gasteiger partial charge in [-0.1, -0.05) is 6.92 Å². The fraction of sp³-hybridized carbons (Fsp3) is 0.769. The molecule has 0 amide bonds. The number of nitrogens with one attached hydrogen (secondary N) is 1. The standard InChI is InChI=1S/C13H24N4O/c1-4-17-7-5-6-12(17)9-16(3)13-15-11(8-14-2)10-18-13/h10,12,14H,4-9H2,1-3H3. The van der Waals surface area contributed by atoms with Crippen LogP contribution < -0.4 is 10.2 Å². The number of oxazole rings is 1. The topological polar surface area (TPSA) is 44.5 Å². The van der Waals surface area contributed by atoms with Crippen molar-refractivity contribution >= 4 is 6.01 Å². The normalized spacial score (nSPS) is 20.5. The smallest absolute Gasteiger partial charge is 0.297 e. The fourth-order valence-electron chi connectivity index (χ4n) is 2.65. The predicted octanol–water partition coefficient (Wildman–Crippen LogP) is 1.31. The maximum Gasteiger partial charge on any atom is 0.297 e. The van der Waals surface area contributed by atoms with Gasteiger partial charge in [-0.3, -0.25) is 4.90 Å². The van der Waals surface area contributed by atoms with Crippen molar-refractivity contribution in [2.24, 2.45) is 0 Å². The number of likely N-dealkylation sites (N-methyl/N-ethyl adjacent to an activating group) is 2. The van der Waals surface area contributed by atoms with Crippen LogP contribution in [0.3, 0.4) is 0 Å². The monoisotopic (exact) mass is 252 g/mol. The van der Waals surface area contributed by atoms with Crippen molar-refractivity contribution in [3.05, 3.63) is 12.0 Å². The zero-order valence-electron chi connectivity index (χ0n) is 11.6. The summed E-state index contributed by atoms with van der Waals surface area (Å²) in [5.74, 6) is 0. The van der Waals surface area contributed by atoms with Crippen LogP contribution in [0.15, 0.2) is 10.7 Å². The summed E-state index contributed by atoms with van der Waals surface area (Å²) < 4.78 is 5.51. The Morgan fingerprint density at radius 3 is 3.17 bits per heavy atom. The molecule has 1 aliphatic rings. The molecule has 1 fully saturated rings. The minimum Gasteiger partial charge on any atom is -0.432 e. The largest absolute Gasteiger partial charge is 0.432 e. The Hall–Kier alpha value is -1.07. The van der Waals surface area contributed by atoms with E-state index in [1.54, 1.807) is 6.26 Å². The lowest BCUT2D eigenvalue weighted by Gasteiger charge is -2.26. The molecule has 0 bridgehead atoms. The molecule has 0 aromatic carbocycles. The van der Waals surface area contributed by atoms with E-state index >= 15 is 0 Å². The van der Waals surface area contributed by atoms with Gasteiger partial charge in [0.1, 0.15) is 6.26 Å². The van der Waals surface area contributed by atoms with Crippen LogP contribution in [0.2, 0.25) is 0 Å². The van der Waals surface area contributed by atoms with E-state index in [0.717, 1.165) is 31.3 Å². The van der Waals surface area contributed by atoms with E-state index in [9.17, 15) is 0 Å². The molecule has 18 heavy (non-hydrogen) atoms. The molecular formula is C13H24N4O. The van der Waals surface area contributed by atoms with Gasteiger partial charge in [0.2, 0.25) is 0 Å². The lowest BCUT2D eigenvalue weighted by Crippen LogP contribution is -2.38. The van der Waals surface area contributed by atoms with Crippen molar-refractivity contribution in [3.8, 4) is 0 Å². The van der Waals surface area contributed by atoms with Crippen LogP contribution in [-0.2, 0) is 6.54 Å². The third-order valence-corrected chi connectivity index (χ3v) is 3.61. The van der Waals surface area contributed by atoms with E-state index in [-0.39, 0.29) is 0 Å². The number of rotatable bonds is 6. The highest BCUT2D eigenvalue weighted by atomic mass is 16.4.